The molecule has 0 aliphatic carbocycles. The fraction of sp³-hybridized carbons (Fsp3) is 0.0588. The predicted octanol–water partition coefficient (Wildman–Crippen LogP) is 3.71. The van der Waals surface area contributed by atoms with Crippen LogP contribution >= 0.6 is 11.3 Å². The second-order valence-corrected chi connectivity index (χ2v) is 6.72. The van der Waals surface area contributed by atoms with Crippen LogP contribution in [0.25, 0.3) is 32.5 Å². The van der Waals surface area contributed by atoms with Crippen molar-refractivity contribution in [3.05, 3.63) is 48.9 Å². The molecular formula is C17H13N7S. The molecule has 0 aliphatic rings. The van der Waals surface area contributed by atoms with E-state index in [0.717, 1.165) is 43.3 Å². The number of benzene rings is 2. The molecule has 0 fully saturated rings. The van der Waals surface area contributed by atoms with Gasteiger partial charge in [-0.3, -0.25) is 5.10 Å². The molecule has 0 saturated carbocycles. The van der Waals surface area contributed by atoms with Crippen molar-refractivity contribution in [3.8, 4) is 10.6 Å². The van der Waals surface area contributed by atoms with Crippen LogP contribution in [0.4, 0.5) is 10.8 Å². The highest BCUT2D eigenvalue weighted by Crippen LogP contribution is 2.32. The Morgan fingerprint density at radius 2 is 2.12 bits per heavy atom. The van der Waals surface area contributed by atoms with Crippen LogP contribution in [0.3, 0.4) is 0 Å². The molecule has 0 atom stereocenters. The average Bonchev–Trinajstić information content (AvgIpc) is 3.35. The fourth-order valence-electron chi connectivity index (χ4n) is 2.86. The summed E-state index contributed by atoms with van der Waals surface area (Å²) >= 11 is 1.51. The summed E-state index contributed by atoms with van der Waals surface area (Å²) in [6, 6.07) is 12.1. The van der Waals surface area contributed by atoms with E-state index in [0.29, 0.717) is 0 Å². The predicted molar refractivity (Wildman–Crippen MR) is 99.0 cm³/mol. The first-order valence-electron chi connectivity index (χ1n) is 7.72. The number of imidazole rings is 1. The molecular weight excluding hydrogens is 334 g/mol. The van der Waals surface area contributed by atoms with E-state index in [9.17, 15) is 0 Å². The highest BCUT2D eigenvalue weighted by Gasteiger charge is 2.12. The van der Waals surface area contributed by atoms with Crippen LogP contribution in [-0.4, -0.2) is 29.9 Å². The molecule has 0 spiro atoms. The lowest BCUT2D eigenvalue weighted by Gasteiger charge is -2.01. The van der Waals surface area contributed by atoms with Gasteiger partial charge >= 0.3 is 0 Å². The van der Waals surface area contributed by atoms with E-state index in [2.05, 4.69) is 30.7 Å². The monoisotopic (exact) mass is 347 g/mol. The topological polar surface area (TPSA) is 84.3 Å². The SMILES string of the molecule is Cn1cnc2c(-c3nnc(Nc4ccc5[nH]ncc5c4)s3)cccc21. The molecule has 122 valence electrons. The summed E-state index contributed by atoms with van der Waals surface area (Å²) in [6.07, 6.45) is 3.61. The Bertz CT molecular complexity index is 1200. The maximum Gasteiger partial charge on any atom is 0.210 e. The summed E-state index contributed by atoms with van der Waals surface area (Å²) in [7, 11) is 1.98. The van der Waals surface area contributed by atoms with Crippen molar-refractivity contribution < 1.29 is 0 Å². The second kappa shape index (κ2) is 5.38. The number of hydrogen-bond donors (Lipinski definition) is 2. The number of nitrogens with one attached hydrogen (secondary N) is 2. The van der Waals surface area contributed by atoms with E-state index < -0.39 is 0 Å². The first kappa shape index (κ1) is 14.1. The van der Waals surface area contributed by atoms with Crippen LogP contribution in [0.1, 0.15) is 0 Å². The highest BCUT2D eigenvalue weighted by atomic mass is 32.1. The van der Waals surface area contributed by atoms with Gasteiger partial charge in [0.1, 0.15) is 0 Å². The van der Waals surface area contributed by atoms with Gasteiger partial charge in [-0.1, -0.05) is 17.4 Å². The summed E-state index contributed by atoms with van der Waals surface area (Å²) in [6.45, 7) is 0. The lowest BCUT2D eigenvalue weighted by molar-refractivity contribution is 0.948. The van der Waals surface area contributed by atoms with Crippen molar-refractivity contribution in [1.82, 2.24) is 29.9 Å². The molecule has 5 rings (SSSR count). The van der Waals surface area contributed by atoms with E-state index in [1.54, 1.807) is 6.20 Å². The van der Waals surface area contributed by atoms with Crippen LogP contribution in [0.5, 0.6) is 0 Å². The molecule has 3 aromatic heterocycles. The quantitative estimate of drug-likeness (QED) is 0.520. The van der Waals surface area contributed by atoms with E-state index in [1.165, 1.54) is 11.3 Å². The number of nitrogens with zero attached hydrogens (tertiary/aromatic N) is 5. The molecule has 0 unspecified atom stereocenters. The number of rotatable bonds is 3. The van der Waals surface area contributed by atoms with E-state index >= 15 is 0 Å². The largest absolute Gasteiger partial charge is 0.334 e. The number of hydrogen-bond acceptors (Lipinski definition) is 6. The van der Waals surface area contributed by atoms with Gasteiger partial charge in [0, 0.05) is 23.7 Å². The molecule has 0 bridgehead atoms. The Kier molecular flexibility index (Phi) is 3.04. The Hall–Kier alpha value is -3.26. The zero-order valence-corrected chi connectivity index (χ0v) is 14.1. The Morgan fingerprint density at radius 1 is 1.16 bits per heavy atom. The van der Waals surface area contributed by atoms with Gasteiger partial charge in [0.25, 0.3) is 0 Å². The Labute approximate surface area is 146 Å². The first-order chi connectivity index (χ1) is 12.3. The van der Waals surface area contributed by atoms with Crippen LogP contribution < -0.4 is 5.32 Å². The van der Waals surface area contributed by atoms with E-state index in [4.69, 9.17) is 0 Å². The van der Waals surface area contributed by atoms with Gasteiger partial charge in [0.05, 0.1) is 29.1 Å². The highest BCUT2D eigenvalue weighted by molar-refractivity contribution is 7.18. The summed E-state index contributed by atoms with van der Waals surface area (Å²) in [5.41, 5.74) is 4.96. The standard InChI is InChI=1S/C17H13N7S/c1-24-9-18-15-12(3-2-4-14(15)24)16-22-23-17(25-16)20-11-5-6-13-10(7-11)8-19-21-13/h2-9H,1H3,(H,19,21)(H,20,23). The molecule has 3 heterocycles. The van der Waals surface area contributed by atoms with Gasteiger partial charge in [0.2, 0.25) is 5.13 Å². The zero-order chi connectivity index (χ0) is 16.8. The van der Waals surface area contributed by atoms with Crippen molar-refractivity contribution in [1.29, 1.82) is 0 Å². The summed E-state index contributed by atoms with van der Waals surface area (Å²) in [5.74, 6) is 0. The van der Waals surface area contributed by atoms with Crippen LogP contribution in [0, 0.1) is 0 Å². The first-order valence-corrected chi connectivity index (χ1v) is 8.54. The van der Waals surface area contributed by atoms with Crippen LogP contribution in [-0.2, 0) is 7.05 Å². The molecule has 0 amide bonds. The number of fused-ring (bicyclic) bond motifs is 2. The summed E-state index contributed by atoms with van der Waals surface area (Å²) in [5, 5.41) is 21.5. The number of aromatic amines is 1. The van der Waals surface area contributed by atoms with Gasteiger partial charge in [0.15, 0.2) is 5.01 Å². The molecule has 5 aromatic rings. The van der Waals surface area contributed by atoms with Crippen molar-refractivity contribution in [2.24, 2.45) is 7.05 Å². The average molecular weight is 347 g/mol. The Balaban J connectivity index is 1.50. The lowest BCUT2D eigenvalue weighted by atomic mass is 10.2. The van der Waals surface area contributed by atoms with Gasteiger partial charge in [-0.15, -0.1) is 10.2 Å². The molecule has 8 heteroatoms. The Morgan fingerprint density at radius 3 is 3.08 bits per heavy atom. The minimum Gasteiger partial charge on any atom is -0.334 e. The van der Waals surface area contributed by atoms with Crippen LogP contribution in [0.15, 0.2) is 48.9 Å². The molecule has 2 aromatic carbocycles. The maximum absolute atomic E-state index is 4.49. The zero-order valence-electron chi connectivity index (χ0n) is 13.3. The summed E-state index contributed by atoms with van der Waals surface area (Å²) in [4.78, 5) is 4.49. The number of para-hydroxylation sites is 1. The number of aromatic nitrogens is 6. The third-order valence-corrected chi connectivity index (χ3v) is 4.97. The fourth-order valence-corrected chi connectivity index (χ4v) is 3.65. The van der Waals surface area contributed by atoms with Gasteiger partial charge in [-0.2, -0.15) is 5.10 Å². The molecule has 7 nitrogen and oxygen atoms in total. The third-order valence-electron chi connectivity index (χ3n) is 4.10. The van der Waals surface area contributed by atoms with Crippen molar-refractivity contribution >= 4 is 44.1 Å². The van der Waals surface area contributed by atoms with Crippen molar-refractivity contribution in [3.63, 3.8) is 0 Å². The van der Waals surface area contributed by atoms with Crippen molar-refractivity contribution in [2.75, 3.05) is 5.32 Å². The number of aryl methyl sites for hydroxylation is 1. The van der Waals surface area contributed by atoms with E-state index in [-0.39, 0.29) is 0 Å². The second-order valence-electron chi connectivity index (χ2n) is 5.74. The number of anilines is 2. The van der Waals surface area contributed by atoms with Gasteiger partial charge in [-0.25, -0.2) is 4.98 Å². The van der Waals surface area contributed by atoms with Gasteiger partial charge in [-0.05, 0) is 30.3 Å². The minimum absolute atomic E-state index is 0.741. The minimum atomic E-state index is 0.741. The number of H-pyrrole nitrogens is 1. The molecule has 0 radical (unpaired) electrons. The summed E-state index contributed by atoms with van der Waals surface area (Å²) < 4.78 is 2.00. The van der Waals surface area contributed by atoms with Gasteiger partial charge < -0.3 is 9.88 Å². The van der Waals surface area contributed by atoms with Crippen LogP contribution in [0.2, 0.25) is 0 Å². The smallest absolute Gasteiger partial charge is 0.210 e. The maximum atomic E-state index is 4.49. The molecule has 25 heavy (non-hydrogen) atoms. The van der Waals surface area contributed by atoms with E-state index in [1.807, 2.05) is 54.3 Å². The molecule has 2 N–H and O–H groups in total. The molecule has 0 saturated heterocycles. The third kappa shape index (κ3) is 2.34. The lowest BCUT2D eigenvalue weighted by Crippen LogP contribution is -1.88. The molecule has 0 aliphatic heterocycles. The van der Waals surface area contributed by atoms with Crippen molar-refractivity contribution in [2.45, 2.75) is 0 Å². The normalized spacial score (nSPS) is 11.4.